The van der Waals surface area contributed by atoms with Crippen LogP contribution in [0.4, 0.5) is 0 Å². The van der Waals surface area contributed by atoms with E-state index in [2.05, 4.69) is 24.2 Å². The summed E-state index contributed by atoms with van der Waals surface area (Å²) in [5, 5.41) is 2.70. The number of rotatable bonds is 15. The van der Waals surface area contributed by atoms with Crippen molar-refractivity contribution >= 4 is 29.3 Å². The molecule has 3 N–H and O–H groups in total. The van der Waals surface area contributed by atoms with E-state index >= 15 is 0 Å². The Morgan fingerprint density at radius 1 is 1.16 bits per heavy atom. The van der Waals surface area contributed by atoms with Crippen molar-refractivity contribution in [1.82, 2.24) is 10.2 Å². The van der Waals surface area contributed by atoms with E-state index in [0.717, 1.165) is 32.1 Å². The third kappa shape index (κ3) is 12.0. The maximum Gasteiger partial charge on any atom is 0.245 e. The first kappa shape index (κ1) is 29.7. The summed E-state index contributed by atoms with van der Waals surface area (Å²) < 4.78 is 0. The number of nitrogens with zero attached hydrogens (tertiary/aromatic N) is 1. The van der Waals surface area contributed by atoms with Crippen molar-refractivity contribution in [3.63, 3.8) is 0 Å². The molecule has 0 aromatic carbocycles. The lowest BCUT2D eigenvalue weighted by Crippen LogP contribution is -2.54. The van der Waals surface area contributed by atoms with E-state index in [1.807, 2.05) is 19.9 Å². The Morgan fingerprint density at radius 2 is 1.81 bits per heavy atom. The number of primary amides is 1. The van der Waals surface area contributed by atoms with Crippen LogP contribution in [0, 0.1) is 24.2 Å². The molecule has 0 aromatic rings. The molecule has 0 rings (SSSR count). The minimum atomic E-state index is -0.730. The summed E-state index contributed by atoms with van der Waals surface area (Å²) >= 11 is 5.90. The Hall–Kier alpha value is -2.26. The van der Waals surface area contributed by atoms with Crippen LogP contribution in [-0.4, -0.2) is 41.8 Å². The molecule has 0 aromatic heterocycles. The van der Waals surface area contributed by atoms with E-state index in [1.54, 1.807) is 12.5 Å². The van der Waals surface area contributed by atoms with Gasteiger partial charge >= 0.3 is 0 Å². The highest BCUT2D eigenvalue weighted by molar-refractivity contribution is 6.25. The molecule has 0 fully saturated rings. The van der Waals surface area contributed by atoms with Gasteiger partial charge in [-0.2, -0.15) is 0 Å². The Balaban J connectivity index is 4.40. The summed E-state index contributed by atoms with van der Waals surface area (Å²) in [4.78, 5) is 37.7. The van der Waals surface area contributed by atoms with Crippen molar-refractivity contribution in [3.05, 3.63) is 23.3 Å². The minimum absolute atomic E-state index is 0.115. The van der Waals surface area contributed by atoms with Gasteiger partial charge in [-0.05, 0) is 50.9 Å². The highest BCUT2D eigenvalue weighted by Crippen LogP contribution is 2.19. The highest BCUT2D eigenvalue weighted by Gasteiger charge is 2.30. The SMILES string of the molecule is C#CCCC/C(=C\Cl)CC[C@@H](C)/C=C/CCC(=O)N[C@H](C)C(=O)N(C)[C@H](C(N)=O)C(C)C. The Morgan fingerprint density at radius 3 is 2.34 bits per heavy atom. The Bertz CT molecular complexity index is 710. The maximum absolute atomic E-state index is 12.5. The van der Waals surface area contributed by atoms with Crippen LogP contribution in [0.15, 0.2) is 23.3 Å². The van der Waals surface area contributed by atoms with Crippen LogP contribution in [0.5, 0.6) is 0 Å². The molecule has 6 nitrogen and oxygen atoms in total. The van der Waals surface area contributed by atoms with E-state index in [-0.39, 0.29) is 24.2 Å². The predicted molar refractivity (Wildman–Crippen MR) is 132 cm³/mol. The molecule has 0 heterocycles. The number of amides is 3. The molecule has 0 bridgehead atoms. The standard InChI is InChI=1S/C25H40ClN3O3/c1-7-8-9-13-21(17-26)16-15-19(4)12-10-11-14-22(30)28-20(5)25(32)29(6)23(18(2)3)24(27)31/h1,10,12,17-20,23H,8-9,11,13-16H2,2-6H3,(H2,27,31)(H,28,30)/b12-10+,21-17+/t19-,20+,23-/m0/s1. The first-order valence-electron chi connectivity index (χ1n) is 11.3. The number of hydrogen-bond acceptors (Lipinski definition) is 3. The Labute approximate surface area is 199 Å². The van der Waals surface area contributed by atoms with Crippen molar-refractivity contribution in [3.8, 4) is 12.3 Å². The van der Waals surface area contributed by atoms with Crippen LogP contribution in [0.1, 0.15) is 72.6 Å². The normalized spacial score (nSPS) is 14.6. The smallest absolute Gasteiger partial charge is 0.245 e. The zero-order chi connectivity index (χ0) is 24.7. The van der Waals surface area contributed by atoms with Gasteiger partial charge in [0, 0.05) is 25.4 Å². The number of nitrogens with two attached hydrogens (primary N) is 1. The number of allylic oxidation sites excluding steroid dienone is 3. The third-order valence-electron chi connectivity index (χ3n) is 5.33. The zero-order valence-corrected chi connectivity index (χ0v) is 21.0. The zero-order valence-electron chi connectivity index (χ0n) is 20.2. The molecule has 0 radical (unpaired) electrons. The van der Waals surface area contributed by atoms with Crippen molar-refractivity contribution in [1.29, 1.82) is 0 Å². The van der Waals surface area contributed by atoms with Gasteiger partial charge < -0.3 is 16.0 Å². The van der Waals surface area contributed by atoms with Gasteiger partial charge in [-0.15, -0.1) is 12.3 Å². The second-order valence-electron chi connectivity index (χ2n) is 8.64. The van der Waals surface area contributed by atoms with E-state index in [9.17, 15) is 14.4 Å². The number of carbonyl (C=O) groups is 3. The molecular formula is C25H40ClN3O3. The molecule has 0 unspecified atom stereocenters. The van der Waals surface area contributed by atoms with Gasteiger partial charge in [0.15, 0.2) is 0 Å². The summed E-state index contributed by atoms with van der Waals surface area (Å²) in [7, 11) is 1.53. The summed E-state index contributed by atoms with van der Waals surface area (Å²) in [6.07, 6.45) is 14.8. The fraction of sp³-hybridized carbons (Fsp3) is 0.640. The minimum Gasteiger partial charge on any atom is -0.368 e. The van der Waals surface area contributed by atoms with Crippen molar-refractivity contribution in [2.24, 2.45) is 17.6 Å². The topological polar surface area (TPSA) is 92.5 Å². The fourth-order valence-corrected chi connectivity index (χ4v) is 3.71. The molecule has 180 valence electrons. The van der Waals surface area contributed by atoms with Crippen LogP contribution in [0.2, 0.25) is 0 Å². The van der Waals surface area contributed by atoms with Crippen LogP contribution < -0.4 is 11.1 Å². The van der Waals surface area contributed by atoms with Gasteiger partial charge in [0.25, 0.3) is 0 Å². The van der Waals surface area contributed by atoms with Gasteiger partial charge in [0.05, 0.1) is 0 Å². The van der Waals surface area contributed by atoms with Crippen LogP contribution in [0.25, 0.3) is 0 Å². The van der Waals surface area contributed by atoms with Gasteiger partial charge in [0.1, 0.15) is 12.1 Å². The molecular weight excluding hydrogens is 426 g/mol. The summed E-state index contributed by atoms with van der Waals surface area (Å²) in [6, 6.07) is -1.44. The molecule has 0 saturated carbocycles. The van der Waals surface area contributed by atoms with Gasteiger partial charge in [-0.25, -0.2) is 0 Å². The van der Waals surface area contributed by atoms with E-state index in [0.29, 0.717) is 12.3 Å². The van der Waals surface area contributed by atoms with Gasteiger partial charge in [-0.1, -0.05) is 50.1 Å². The first-order chi connectivity index (χ1) is 15.0. The highest BCUT2D eigenvalue weighted by atomic mass is 35.5. The van der Waals surface area contributed by atoms with Gasteiger partial charge in [-0.3, -0.25) is 14.4 Å². The predicted octanol–water partition coefficient (Wildman–Crippen LogP) is 4.14. The molecule has 0 aliphatic carbocycles. The quantitative estimate of drug-likeness (QED) is 0.216. The van der Waals surface area contributed by atoms with Crippen LogP contribution in [0.3, 0.4) is 0 Å². The molecule has 0 aliphatic heterocycles. The summed E-state index contributed by atoms with van der Waals surface area (Å²) in [5.41, 5.74) is 8.28. The average Bonchev–Trinajstić information content (AvgIpc) is 2.72. The summed E-state index contributed by atoms with van der Waals surface area (Å²) in [6.45, 7) is 7.38. The van der Waals surface area contributed by atoms with Crippen molar-refractivity contribution in [2.45, 2.75) is 84.7 Å². The lowest BCUT2D eigenvalue weighted by molar-refractivity contribution is -0.141. The van der Waals surface area contributed by atoms with Crippen molar-refractivity contribution < 1.29 is 14.4 Å². The second kappa shape index (κ2) is 16.4. The number of unbranched alkanes of at least 4 members (excludes halogenated alkanes) is 1. The molecule has 0 spiro atoms. The summed E-state index contributed by atoms with van der Waals surface area (Å²) in [5.74, 6) is 1.78. The number of nitrogens with one attached hydrogen (secondary N) is 1. The molecule has 7 heteroatoms. The first-order valence-corrected chi connectivity index (χ1v) is 11.7. The van der Waals surface area contributed by atoms with Gasteiger partial charge in [0.2, 0.25) is 17.7 Å². The molecule has 0 aliphatic rings. The molecule has 3 amide bonds. The number of halogens is 1. The molecule has 32 heavy (non-hydrogen) atoms. The average molecular weight is 466 g/mol. The maximum atomic E-state index is 12.5. The number of carbonyl (C=O) groups excluding carboxylic acids is 3. The monoisotopic (exact) mass is 465 g/mol. The van der Waals surface area contributed by atoms with Crippen molar-refractivity contribution in [2.75, 3.05) is 7.05 Å². The molecule has 0 saturated heterocycles. The number of likely N-dealkylation sites (N-methyl/N-ethyl adjacent to an activating group) is 1. The second-order valence-corrected chi connectivity index (χ2v) is 8.86. The lowest BCUT2D eigenvalue weighted by Gasteiger charge is -2.30. The number of terminal acetylenes is 1. The van der Waals surface area contributed by atoms with E-state index in [4.69, 9.17) is 23.8 Å². The van der Waals surface area contributed by atoms with E-state index in [1.165, 1.54) is 17.5 Å². The Kier molecular flexibility index (Phi) is 15.2. The van der Waals surface area contributed by atoms with Crippen LogP contribution >= 0.6 is 11.6 Å². The number of hydrogen-bond donors (Lipinski definition) is 2. The fourth-order valence-electron chi connectivity index (χ4n) is 3.49. The largest absolute Gasteiger partial charge is 0.368 e. The van der Waals surface area contributed by atoms with Crippen LogP contribution in [-0.2, 0) is 14.4 Å². The lowest BCUT2D eigenvalue weighted by atomic mass is 9.98. The third-order valence-corrected chi connectivity index (χ3v) is 5.64. The van der Waals surface area contributed by atoms with E-state index < -0.39 is 18.0 Å². The molecule has 3 atom stereocenters.